The van der Waals surface area contributed by atoms with Crippen LogP contribution < -0.4 is 0 Å². The summed E-state index contributed by atoms with van der Waals surface area (Å²) >= 11 is 3.95. The van der Waals surface area contributed by atoms with Gasteiger partial charge in [0.1, 0.15) is 5.69 Å². The fraction of sp³-hybridized carbons (Fsp3) is 0.571. The van der Waals surface area contributed by atoms with Crippen molar-refractivity contribution < 1.29 is 14.1 Å². The minimum atomic E-state index is -0.344. The minimum Gasteiger partial charge on any atom is -0.355 e. The molecular formula is C21H25IN4O3S. The molecule has 3 saturated heterocycles. The molecule has 7 nitrogen and oxygen atoms in total. The first-order valence-electron chi connectivity index (χ1n) is 10.4. The Morgan fingerprint density at radius 3 is 2.80 bits per heavy atom. The summed E-state index contributed by atoms with van der Waals surface area (Å²) in [5.41, 5.74) is 0.782. The van der Waals surface area contributed by atoms with E-state index in [2.05, 4.69) is 43.6 Å². The Morgan fingerprint density at radius 1 is 1.27 bits per heavy atom. The van der Waals surface area contributed by atoms with Gasteiger partial charge < -0.3 is 9.42 Å². The van der Waals surface area contributed by atoms with Crippen LogP contribution in [0.15, 0.2) is 22.7 Å². The van der Waals surface area contributed by atoms with Crippen molar-refractivity contribution in [1.82, 2.24) is 19.9 Å². The molecule has 3 aliphatic heterocycles. The molecule has 0 saturated carbocycles. The molecule has 0 spiro atoms. The number of carbonyl (C=O) groups is 2. The number of halogens is 1. The smallest absolute Gasteiger partial charge is 0.235 e. The molecule has 9 heteroatoms. The zero-order valence-corrected chi connectivity index (χ0v) is 20.1. The second kappa shape index (κ2) is 7.99. The van der Waals surface area contributed by atoms with Crippen molar-refractivity contribution in [1.29, 1.82) is 0 Å². The summed E-state index contributed by atoms with van der Waals surface area (Å²) in [7, 11) is 4.01. The molecule has 5 heterocycles. The number of carbonyl (C=O) groups excluding carboxylic acids is 2. The van der Waals surface area contributed by atoms with Gasteiger partial charge in [-0.05, 0) is 81.2 Å². The van der Waals surface area contributed by atoms with Crippen LogP contribution >= 0.6 is 33.9 Å². The van der Waals surface area contributed by atoms with Crippen LogP contribution in [0.5, 0.6) is 0 Å². The maximum atomic E-state index is 13.4. The molecule has 3 aliphatic rings. The van der Waals surface area contributed by atoms with Gasteiger partial charge in [0.25, 0.3) is 0 Å². The van der Waals surface area contributed by atoms with Crippen molar-refractivity contribution in [3.8, 4) is 10.6 Å². The second-order valence-electron chi connectivity index (χ2n) is 8.65. The average Bonchev–Trinajstić information content (AvgIpc) is 3.47. The van der Waals surface area contributed by atoms with Gasteiger partial charge in [0.2, 0.25) is 11.8 Å². The predicted octanol–water partition coefficient (Wildman–Crippen LogP) is 3.08. The Bertz CT molecular complexity index is 973. The molecule has 2 amide bonds. The van der Waals surface area contributed by atoms with Crippen LogP contribution in [0.4, 0.5) is 0 Å². The van der Waals surface area contributed by atoms with Crippen molar-refractivity contribution in [2.45, 2.75) is 31.3 Å². The van der Waals surface area contributed by atoms with E-state index < -0.39 is 0 Å². The molecule has 2 aromatic heterocycles. The Balaban J connectivity index is 1.43. The SMILES string of the molecule is CN(C)CCCN1C(=O)[C@@H]2[C@H](C1=O)[C@H](c1cc(-c3ccc(I)s3)on1)N1CCC[C@@H]21. The van der Waals surface area contributed by atoms with Crippen LogP contribution in [-0.4, -0.2) is 71.4 Å². The van der Waals surface area contributed by atoms with Crippen molar-refractivity contribution >= 4 is 45.7 Å². The number of fused-ring (bicyclic) bond motifs is 3. The van der Waals surface area contributed by atoms with Crippen LogP contribution in [0.1, 0.15) is 31.0 Å². The first-order valence-corrected chi connectivity index (χ1v) is 12.3. The number of thiophene rings is 1. The highest BCUT2D eigenvalue weighted by Gasteiger charge is 2.63. The Kier molecular flexibility index (Phi) is 5.49. The van der Waals surface area contributed by atoms with E-state index in [1.54, 1.807) is 11.3 Å². The number of hydrogen-bond donors (Lipinski definition) is 0. The third-order valence-electron chi connectivity index (χ3n) is 6.58. The lowest BCUT2D eigenvalue weighted by molar-refractivity contribution is -0.141. The van der Waals surface area contributed by atoms with E-state index in [0.717, 1.165) is 48.7 Å². The van der Waals surface area contributed by atoms with Gasteiger partial charge in [0.15, 0.2) is 5.76 Å². The standard InChI is InChI=1S/C21H25IN4O3S/c1-24(2)8-4-10-26-20(27)17-13-5-3-9-25(13)19(18(17)21(26)28)12-11-14(29-23-12)15-6-7-16(22)30-15/h6-7,11,13,17-19H,3-5,8-10H2,1-2H3/t13-,17-,18-,19-/m0/s1. The number of likely N-dealkylation sites (tertiary alicyclic amines) is 1. The van der Waals surface area contributed by atoms with Crippen LogP contribution in [0, 0.1) is 14.7 Å². The lowest BCUT2D eigenvalue weighted by Crippen LogP contribution is -2.40. The number of aromatic nitrogens is 1. The maximum Gasteiger partial charge on any atom is 0.235 e. The third kappa shape index (κ3) is 3.34. The highest BCUT2D eigenvalue weighted by molar-refractivity contribution is 14.1. The van der Waals surface area contributed by atoms with Crippen molar-refractivity contribution in [3.05, 3.63) is 26.8 Å². The van der Waals surface area contributed by atoms with E-state index in [-0.39, 0.29) is 35.7 Å². The number of imide groups is 1. The van der Waals surface area contributed by atoms with Crippen LogP contribution in [0.25, 0.3) is 10.6 Å². The summed E-state index contributed by atoms with van der Waals surface area (Å²) in [5.74, 6) is 0.130. The largest absolute Gasteiger partial charge is 0.355 e. The number of amides is 2. The summed E-state index contributed by atoms with van der Waals surface area (Å²) in [6.45, 7) is 2.26. The molecule has 4 atom stereocenters. The topological polar surface area (TPSA) is 69.9 Å². The highest BCUT2D eigenvalue weighted by Crippen LogP contribution is 2.53. The van der Waals surface area contributed by atoms with Crippen molar-refractivity contribution in [2.24, 2.45) is 11.8 Å². The normalized spacial score (nSPS) is 28.7. The second-order valence-corrected chi connectivity index (χ2v) is 11.6. The summed E-state index contributed by atoms with van der Waals surface area (Å²) in [4.78, 5) is 33.6. The molecule has 30 heavy (non-hydrogen) atoms. The molecule has 0 N–H and O–H groups in total. The predicted molar refractivity (Wildman–Crippen MR) is 122 cm³/mol. The fourth-order valence-corrected chi connectivity index (χ4v) is 6.94. The highest BCUT2D eigenvalue weighted by atomic mass is 127. The van der Waals surface area contributed by atoms with Gasteiger partial charge in [0, 0.05) is 18.7 Å². The molecule has 0 aliphatic carbocycles. The summed E-state index contributed by atoms with van der Waals surface area (Å²) in [5, 5.41) is 4.37. The van der Waals surface area contributed by atoms with Crippen LogP contribution in [0.2, 0.25) is 0 Å². The van der Waals surface area contributed by atoms with E-state index in [1.165, 1.54) is 7.78 Å². The van der Waals surface area contributed by atoms with E-state index in [0.29, 0.717) is 6.54 Å². The fourth-order valence-electron chi connectivity index (χ4n) is 5.37. The van der Waals surface area contributed by atoms with Crippen LogP contribution in [0.3, 0.4) is 0 Å². The molecule has 160 valence electrons. The molecule has 2 aromatic rings. The number of nitrogens with zero attached hydrogens (tertiary/aromatic N) is 4. The quantitative estimate of drug-likeness (QED) is 0.415. The number of rotatable bonds is 6. The Labute approximate surface area is 193 Å². The maximum absolute atomic E-state index is 13.4. The molecule has 0 unspecified atom stereocenters. The first-order chi connectivity index (χ1) is 14.5. The lowest BCUT2D eigenvalue weighted by Gasteiger charge is -2.27. The van der Waals surface area contributed by atoms with E-state index in [4.69, 9.17) is 4.52 Å². The zero-order valence-electron chi connectivity index (χ0n) is 17.1. The van der Waals surface area contributed by atoms with Gasteiger partial charge in [-0.15, -0.1) is 11.3 Å². The molecular weight excluding hydrogens is 515 g/mol. The number of hydrogen-bond acceptors (Lipinski definition) is 7. The molecule has 0 aromatic carbocycles. The van der Waals surface area contributed by atoms with Crippen molar-refractivity contribution in [2.75, 3.05) is 33.7 Å². The summed E-state index contributed by atoms with van der Waals surface area (Å²) < 4.78 is 6.85. The first kappa shape index (κ1) is 20.6. The Morgan fingerprint density at radius 2 is 2.07 bits per heavy atom. The average molecular weight is 540 g/mol. The van der Waals surface area contributed by atoms with E-state index in [1.807, 2.05) is 26.2 Å². The summed E-state index contributed by atoms with van der Waals surface area (Å²) in [6, 6.07) is 6.02. The molecule has 0 radical (unpaired) electrons. The molecule has 3 fully saturated rings. The van der Waals surface area contributed by atoms with E-state index in [9.17, 15) is 9.59 Å². The minimum absolute atomic E-state index is 0.0136. The van der Waals surface area contributed by atoms with Gasteiger partial charge in [-0.25, -0.2) is 0 Å². The van der Waals surface area contributed by atoms with E-state index >= 15 is 0 Å². The lowest BCUT2D eigenvalue weighted by atomic mass is 9.86. The monoisotopic (exact) mass is 540 g/mol. The van der Waals surface area contributed by atoms with Gasteiger partial charge in [-0.1, -0.05) is 5.16 Å². The Hall–Kier alpha value is -1.30. The van der Waals surface area contributed by atoms with Gasteiger partial charge in [-0.3, -0.25) is 19.4 Å². The molecule has 0 bridgehead atoms. The van der Waals surface area contributed by atoms with Crippen molar-refractivity contribution in [3.63, 3.8) is 0 Å². The van der Waals surface area contributed by atoms with Crippen LogP contribution in [-0.2, 0) is 9.59 Å². The van der Waals surface area contributed by atoms with Gasteiger partial charge in [0.05, 0.1) is 25.6 Å². The van der Waals surface area contributed by atoms with Gasteiger partial charge in [-0.2, -0.15) is 0 Å². The summed E-state index contributed by atoms with van der Waals surface area (Å²) in [6.07, 6.45) is 2.82. The van der Waals surface area contributed by atoms with Gasteiger partial charge >= 0.3 is 0 Å². The third-order valence-corrected chi connectivity index (χ3v) is 8.49. The molecule has 5 rings (SSSR count). The zero-order chi connectivity index (χ0) is 21.0.